The molecule has 0 aliphatic carbocycles. The third kappa shape index (κ3) is 5.17. The first-order valence-electron chi connectivity index (χ1n) is 7.12. The van der Waals surface area contributed by atoms with Gasteiger partial charge < -0.3 is 10.6 Å². The molecule has 0 bridgehead atoms. The summed E-state index contributed by atoms with van der Waals surface area (Å²) in [7, 11) is -1.08. The number of hydrogen-bond acceptors (Lipinski definition) is 4. The highest BCUT2D eigenvalue weighted by Gasteiger charge is 2.16. The molecule has 0 aromatic heterocycles. The third-order valence-corrected chi connectivity index (χ3v) is 4.05. The summed E-state index contributed by atoms with van der Waals surface area (Å²) in [5, 5.41) is 16.0. The molecule has 2 atom stereocenters. The number of nitro groups is 1. The van der Waals surface area contributed by atoms with Crippen molar-refractivity contribution in [2.75, 3.05) is 17.3 Å². The number of urea groups is 1. The van der Waals surface area contributed by atoms with Gasteiger partial charge in [-0.05, 0) is 17.7 Å². The van der Waals surface area contributed by atoms with Crippen molar-refractivity contribution in [1.29, 1.82) is 0 Å². The molecule has 2 amide bonds. The fourth-order valence-electron chi connectivity index (χ4n) is 2.13. The molecule has 7 nitrogen and oxygen atoms in total. The Bertz CT molecular complexity index is 735. The predicted octanol–water partition coefficient (Wildman–Crippen LogP) is 2.84. The highest BCUT2D eigenvalue weighted by atomic mass is 32.2. The quantitative estimate of drug-likeness (QED) is 0.619. The van der Waals surface area contributed by atoms with E-state index in [1.54, 1.807) is 6.26 Å². The van der Waals surface area contributed by atoms with Crippen LogP contribution in [0.15, 0.2) is 54.6 Å². The molecule has 2 aromatic carbocycles. The largest absolute Gasteiger partial charge is 0.330 e. The lowest BCUT2D eigenvalue weighted by Crippen LogP contribution is -2.35. The topological polar surface area (TPSA) is 101 Å². The van der Waals surface area contributed by atoms with Crippen LogP contribution in [0, 0.1) is 10.1 Å². The highest BCUT2D eigenvalue weighted by molar-refractivity contribution is 7.84. The molecular weight excluding hydrogens is 330 g/mol. The van der Waals surface area contributed by atoms with Crippen molar-refractivity contribution in [3.8, 4) is 0 Å². The van der Waals surface area contributed by atoms with Gasteiger partial charge in [-0.25, -0.2) is 4.79 Å². The summed E-state index contributed by atoms with van der Waals surface area (Å²) in [6.45, 7) is 0. The Morgan fingerprint density at radius 3 is 2.33 bits per heavy atom. The fourth-order valence-corrected chi connectivity index (χ4v) is 2.88. The molecule has 0 radical (unpaired) electrons. The zero-order chi connectivity index (χ0) is 17.5. The Balaban J connectivity index is 2.04. The van der Waals surface area contributed by atoms with E-state index in [2.05, 4.69) is 10.6 Å². The first kappa shape index (κ1) is 17.6. The summed E-state index contributed by atoms with van der Waals surface area (Å²) >= 11 is 0. The minimum atomic E-state index is -1.08. The molecule has 2 aromatic rings. The van der Waals surface area contributed by atoms with E-state index in [0.29, 0.717) is 5.69 Å². The van der Waals surface area contributed by atoms with E-state index < -0.39 is 27.8 Å². The zero-order valence-corrected chi connectivity index (χ0v) is 13.8. The van der Waals surface area contributed by atoms with E-state index in [4.69, 9.17) is 0 Å². The molecule has 2 rings (SSSR count). The molecule has 2 N–H and O–H groups in total. The highest BCUT2D eigenvalue weighted by Crippen LogP contribution is 2.17. The lowest BCUT2D eigenvalue weighted by Gasteiger charge is -2.18. The number of anilines is 1. The van der Waals surface area contributed by atoms with Crippen LogP contribution in [0.3, 0.4) is 0 Å². The second-order valence-electron chi connectivity index (χ2n) is 5.11. The van der Waals surface area contributed by atoms with Crippen LogP contribution in [0.5, 0.6) is 0 Å². The van der Waals surface area contributed by atoms with E-state index in [9.17, 15) is 19.1 Å². The molecule has 0 saturated carbocycles. The number of nitrogens with one attached hydrogen (secondary N) is 2. The number of nitrogens with zero attached hydrogens (tertiary/aromatic N) is 1. The molecule has 0 heterocycles. The lowest BCUT2D eigenvalue weighted by atomic mass is 10.1. The van der Waals surface area contributed by atoms with Gasteiger partial charge in [0.2, 0.25) is 0 Å². The van der Waals surface area contributed by atoms with Gasteiger partial charge in [0.15, 0.2) is 0 Å². The maximum absolute atomic E-state index is 12.1. The van der Waals surface area contributed by atoms with Crippen LogP contribution >= 0.6 is 0 Å². The molecule has 0 fully saturated rings. The molecule has 0 spiro atoms. The predicted molar refractivity (Wildman–Crippen MR) is 93.4 cm³/mol. The van der Waals surface area contributed by atoms with Gasteiger partial charge in [0.25, 0.3) is 5.69 Å². The molecule has 24 heavy (non-hydrogen) atoms. The second kappa shape index (κ2) is 8.21. The summed E-state index contributed by atoms with van der Waals surface area (Å²) in [5.41, 5.74) is 1.23. The van der Waals surface area contributed by atoms with Crippen LogP contribution in [0.25, 0.3) is 0 Å². The van der Waals surface area contributed by atoms with Gasteiger partial charge in [-0.2, -0.15) is 0 Å². The Kier molecular flexibility index (Phi) is 6.02. The first-order valence-corrected chi connectivity index (χ1v) is 8.85. The van der Waals surface area contributed by atoms with E-state index >= 15 is 0 Å². The average Bonchev–Trinajstić information content (AvgIpc) is 2.55. The summed E-state index contributed by atoms with van der Waals surface area (Å²) in [6.07, 6.45) is 1.58. The molecule has 8 heteroatoms. The van der Waals surface area contributed by atoms with Gasteiger partial charge in [0.1, 0.15) is 0 Å². The molecule has 0 aliphatic rings. The smallest absolute Gasteiger partial charge is 0.319 e. The monoisotopic (exact) mass is 347 g/mol. The van der Waals surface area contributed by atoms with Gasteiger partial charge in [0, 0.05) is 40.6 Å². The fraction of sp³-hybridized carbons (Fsp3) is 0.188. The van der Waals surface area contributed by atoms with E-state index in [0.717, 1.165) is 5.56 Å². The van der Waals surface area contributed by atoms with E-state index in [1.165, 1.54) is 24.3 Å². The summed E-state index contributed by atoms with van der Waals surface area (Å²) in [5.74, 6) is 0.289. The van der Waals surface area contributed by atoms with E-state index in [-0.39, 0.29) is 11.4 Å². The summed E-state index contributed by atoms with van der Waals surface area (Å²) < 4.78 is 11.5. The minimum absolute atomic E-state index is 0.0514. The van der Waals surface area contributed by atoms with Crippen molar-refractivity contribution < 1.29 is 13.9 Å². The van der Waals surface area contributed by atoms with Crippen molar-refractivity contribution >= 4 is 28.2 Å². The molecule has 0 aliphatic heterocycles. The third-order valence-electron chi connectivity index (χ3n) is 3.24. The molecule has 126 valence electrons. The Morgan fingerprint density at radius 1 is 1.17 bits per heavy atom. The first-order chi connectivity index (χ1) is 11.5. The van der Waals surface area contributed by atoms with Crippen LogP contribution in [-0.4, -0.2) is 27.2 Å². The number of non-ortho nitro benzene ring substituents is 1. The van der Waals surface area contributed by atoms with Gasteiger partial charge in [-0.3, -0.25) is 14.3 Å². The number of benzene rings is 2. The van der Waals surface area contributed by atoms with Crippen LogP contribution in [0.1, 0.15) is 11.6 Å². The van der Waals surface area contributed by atoms with Crippen molar-refractivity contribution in [2.45, 2.75) is 6.04 Å². The van der Waals surface area contributed by atoms with Gasteiger partial charge >= 0.3 is 6.03 Å². The zero-order valence-electron chi connectivity index (χ0n) is 13.0. The maximum Gasteiger partial charge on any atom is 0.319 e. The van der Waals surface area contributed by atoms with E-state index in [1.807, 2.05) is 30.3 Å². The van der Waals surface area contributed by atoms with Gasteiger partial charge in [0.05, 0.1) is 11.0 Å². The summed E-state index contributed by atoms with van der Waals surface area (Å²) in [6, 6.07) is 13.9. The Hall–Kier alpha value is -2.74. The van der Waals surface area contributed by atoms with Crippen LogP contribution in [-0.2, 0) is 10.8 Å². The van der Waals surface area contributed by atoms with Gasteiger partial charge in [-0.15, -0.1) is 0 Å². The molecule has 0 saturated heterocycles. The minimum Gasteiger partial charge on any atom is -0.330 e. The van der Waals surface area contributed by atoms with Crippen molar-refractivity contribution in [3.63, 3.8) is 0 Å². The van der Waals surface area contributed by atoms with Gasteiger partial charge in [-0.1, -0.05) is 30.3 Å². The SMILES string of the molecule is C[S@@](=O)C[C@H](NC(=O)Nc1ccc([N+](=O)[O-])cc1)c1ccccc1. The Labute approximate surface area is 141 Å². The number of rotatable bonds is 6. The van der Waals surface area contributed by atoms with Crippen LogP contribution < -0.4 is 10.6 Å². The Morgan fingerprint density at radius 2 is 1.79 bits per heavy atom. The van der Waals surface area contributed by atoms with Crippen molar-refractivity contribution in [3.05, 3.63) is 70.3 Å². The van der Waals surface area contributed by atoms with Crippen LogP contribution in [0.2, 0.25) is 0 Å². The molecule has 0 unspecified atom stereocenters. The average molecular weight is 347 g/mol. The van der Waals surface area contributed by atoms with Crippen LogP contribution in [0.4, 0.5) is 16.2 Å². The number of carbonyl (C=O) groups is 1. The second-order valence-corrected chi connectivity index (χ2v) is 6.59. The number of carbonyl (C=O) groups excluding carboxylic acids is 1. The van der Waals surface area contributed by atoms with Crippen molar-refractivity contribution in [1.82, 2.24) is 5.32 Å². The normalized spacial score (nSPS) is 12.9. The summed E-state index contributed by atoms with van der Waals surface area (Å²) in [4.78, 5) is 22.2. The number of hydrogen-bond donors (Lipinski definition) is 2. The lowest BCUT2D eigenvalue weighted by molar-refractivity contribution is -0.384. The standard InChI is InChI=1S/C16H17N3O4S/c1-24(23)11-15(12-5-3-2-4-6-12)18-16(20)17-13-7-9-14(10-8-13)19(21)22/h2-10,15H,11H2,1H3,(H2,17,18,20)/t15-,24+/m0/s1. The molecular formula is C16H17N3O4S. The number of nitro benzene ring substituents is 1. The number of amides is 2. The van der Waals surface area contributed by atoms with Crippen molar-refractivity contribution in [2.24, 2.45) is 0 Å². The maximum atomic E-state index is 12.1.